The number of terminal acetylenes is 1. The molecule has 0 bridgehead atoms. The van der Waals surface area contributed by atoms with Crippen LogP contribution in [0.1, 0.15) is 63.0 Å². The Kier molecular flexibility index (Phi) is 4.98. The zero-order valence-corrected chi connectivity index (χ0v) is 14.2. The van der Waals surface area contributed by atoms with Crippen LogP contribution in [0.3, 0.4) is 0 Å². The van der Waals surface area contributed by atoms with Gasteiger partial charge in [0.25, 0.3) is 0 Å². The van der Waals surface area contributed by atoms with E-state index in [4.69, 9.17) is 6.42 Å². The Morgan fingerprint density at radius 1 is 1.42 bits per heavy atom. The SMILES string of the molecule is C#CCCC1(CCC(=O)N[C@H]2CCCC[C@H]2c2ccnn2C)N=N1. The van der Waals surface area contributed by atoms with Crippen molar-refractivity contribution in [3.05, 3.63) is 18.0 Å². The normalized spacial score (nSPS) is 24.3. The van der Waals surface area contributed by atoms with E-state index in [0.717, 1.165) is 25.7 Å². The van der Waals surface area contributed by atoms with E-state index in [-0.39, 0.29) is 17.6 Å². The van der Waals surface area contributed by atoms with Crippen LogP contribution in [0, 0.1) is 12.3 Å². The van der Waals surface area contributed by atoms with Crippen LogP contribution in [0.4, 0.5) is 0 Å². The molecule has 6 heteroatoms. The van der Waals surface area contributed by atoms with Gasteiger partial charge in [0.15, 0.2) is 5.66 Å². The standard InChI is InChI=1S/C18H25N5O/c1-3-4-11-18(21-22-18)12-9-17(24)20-15-8-6-5-7-14(15)16-10-13-19-23(16)2/h1,10,13-15H,4-9,11-12H2,2H3,(H,20,24)/t14-,15+/m1/s1. The number of hydrogen-bond donors (Lipinski definition) is 1. The first-order valence-electron chi connectivity index (χ1n) is 8.78. The van der Waals surface area contributed by atoms with Crippen LogP contribution in [-0.4, -0.2) is 27.4 Å². The maximum absolute atomic E-state index is 12.4. The second-order valence-corrected chi connectivity index (χ2v) is 6.83. The molecular formula is C18H25N5O. The molecule has 0 unspecified atom stereocenters. The lowest BCUT2D eigenvalue weighted by molar-refractivity contribution is -0.122. The van der Waals surface area contributed by atoms with Crippen LogP contribution in [0.2, 0.25) is 0 Å². The van der Waals surface area contributed by atoms with E-state index >= 15 is 0 Å². The molecular weight excluding hydrogens is 302 g/mol. The Morgan fingerprint density at radius 2 is 2.21 bits per heavy atom. The third-order valence-electron chi connectivity index (χ3n) is 5.16. The van der Waals surface area contributed by atoms with E-state index in [1.54, 1.807) is 0 Å². The zero-order valence-electron chi connectivity index (χ0n) is 14.2. The Hall–Kier alpha value is -2.16. The summed E-state index contributed by atoms with van der Waals surface area (Å²) in [5.41, 5.74) is 0.829. The van der Waals surface area contributed by atoms with Gasteiger partial charge in [0.2, 0.25) is 5.91 Å². The average molecular weight is 327 g/mol. The number of nitrogens with zero attached hydrogens (tertiary/aromatic N) is 4. The molecule has 1 fully saturated rings. The smallest absolute Gasteiger partial charge is 0.220 e. The molecule has 2 aliphatic rings. The molecule has 1 aliphatic carbocycles. The number of aromatic nitrogens is 2. The molecule has 1 aliphatic heterocycles. The van der Waals surface area contributed by atoms with Gasteiger partial charge in [-0.05, 0) is 18.9 Å². The maximum Gasteiger partial charge on any atom is 0.220 e. The molecule has 1 aromatic heterocycles. The summed E-state index contributed by atoms with van der Waals surface area (Å²) in [6.07, 6.45) is 14.1. The van der Waals surface area contributed by atoms with Crippen molar-refractivity contribution >= 4 is 5.91 Å². The summed E-state index contributed by atoms with van der Waals surface area (Å²) < 4.78 is 1.92. The van der Waals surface area contributed by atoms with Gasteiger partial charge in [-0.2, -0.15) is 15.3 Å². The van der Waals surface area contributed by atoms with Gasteiger partial charge in [-0.1, -0.05) is 12.8 Å². The van der Waals surface area contributed by atoms with Crippen LogP contribution < -0.4 is 5.32 Å². The number of aryl methyl sites for hydroxylation is 1. The van der Waals surface area contributed by atoms with Crippen LogP contribution in [-0.2, 0) is 11.8 Å². The molecule has 3 rings (SSSR count). The van der Waals surface area contributed by atoms with Gasteiger partial charge in [-0.25, -0.2) is 0 Å². The minimum Gasteiger partial charge on any atom is -0.353 e. The number of nitrogens with one attached hydrogen (secondary N) is 1. The minimum absolute atomic E-state index is 0.0893. The highest BCUT2D eigenvalue weighted by Gasteiger charge is 2.39. The largest absolute Gasteiger partial charge is 0.353 e. The van der Waals surface area contributed by atoms with E-state index in [9.17, 15) is 4.79 Å². The average Bonchev–Trinajstić information content (AvgIpc) is 3.24. The maximum atomic E-state index is 12.4. The number of amides is 1. The second kappa shape index (κ2) is 7.16. The third-order valence-corrected chi connectivity index (χ3v) is 5.16. The molecule has 0 aromatic carbocycles. The topological polar surface area (TPSA) is 71.6 Å². The predicted molar refractivity (Wildman–Crippen MR) is 91.2 cm³/mol. The van der Waals surface area contributed by atoms with Crippen molar-refractivity contribution in [1.29, 1.82) is 0 Å². The molecule has 128 valence electrons. The summed E-state index contributed by atoms with van der Waals surface area (Å²) in [6, 6.07) is 2.25. The van der Waals surface area contributed by atoms with E-state index in [2.05, 4.69) is 32.6 Å². The summed E-state index contributed by atoms with van der Waals surface area (Å²) in [7, 11) is 1.97. The first kappa shape index (κ1) is 16.7. The highest BCUT2D eigenvalue weighted by Crippen LogP contribution is 2.38. The fourth-order valence-electron chi connectivity index (χ4n) is 3.67. The summed E-state index contributed by atoms with van der Waals surface area (Å²) in [6.45, 7) is 0. The van der Waals surface area contributed by atoms with E-state index in [0.29, 0.717) is 25.2 Å². The third kappa shape index (κ3) is 3.84. The van der Waals surface area contributed by atoms with Gasteiger partial charge < -0.3 is 5.32 Å². The molecule has 2 atom stereocenters. The van der Waals surface area contributed by atoms with Crippen molar-refractivity contribution in [1.82, 2.24) is 15.1 Å². The van der Waals surface area contributed by atoms with Crippen molar-refractivity contribution in [3.63, 3.8) is 0 Å². The summed E-state index contributed by atoms with van der Waals surface area (Å²) in [5, 5.41) is 15.7. The monoisotopic (exact) mass is 327 g/mol. The van der Waals surface area contributed by atoms with Gasteiger partial charge in [-0.3, -0.25) is 9.48 Å². The number of carbonyl (C=O) groups excluding carboxylic acids is 1. The molecule has 0 radical (unpaired) electrons. The molecule has 24 heavy (non-hydrogen) atoms. The Labute approximate surface area is 143 Å². The number of carbonyl (C=O) groups is 1. The van der Waals surface area contributed by atoms with Crippen molar-refractivity contribution < 1.29 is 4.79 Å². The highest BCUT2D eigenvalue weighted by molar-refractivity contribution is 5.76. The fraction of sp³-hybridized carbons (Fsp3) is 0.667. The summed E-state index contributed by atoms with van der Waals surface area (Å²) in [5.74, 6) is 3.05. The van der Waals surface area contributed by atoms with E-state index < -0.39 is 0 Å². The Morgan fingerprint density at radius 3 is 2.88 bits per heavy atom. The minimum atomic E-state index is -0.377. The van der Waals surface area contributed by atoms with Crippen LogP contribution >= 0.6 is 0 Å². The first-order chi connectivity index (χ1) is 11.6. The fourth-order valence-corrected chi connectivity index (χ4v) is 3.67. The lowest BCUT2D eigenvalue weighted by Crippen LogP contribution is -2.41. The van der Waals surface area contributed by atoms with E-state index in [1.165, 1.54) is 12.1 Å². The Bertz CT molecular complexity index is 651. The molecule has 2 heterocycles. The van der Waals surface area contributed by atoms with Gasteiger partial charge in [0.05, 0.1) is 0 Å². The zero-order chi connectivity index (χ0) is 17.0. The molecule has 6 nitrogen and oxygen atoms in total. The predicted octanol–water partition coefficient (Wildman–Crippen LogP) is 2.92. The molecule has 1 aromatic rings. The lowest BCUT2D eigenvalue weighted by Gasteiger charge is -2.32. The first-order valence-corrected chi connectivity index (χ1v) is 8.78. The number of hydrogen-bond acceptors (Lipinski definition) is 4. The van der Waals surface area contributed by atoms with Gasteiger partial charge >= 0.3 is 0 Å². The molecule has 0 saturated heterocycles. The lowest BCUT2D eigenvalue weighted by atomic mass is 9.82. The van der Waals surface area contributed by atoms with Crippen molar-refractivity contribution in [2.45, 2.75) is 69.0 Å². The van der Waals surface area contributed by atoms with Crippen LogP contribution in [0.25, 0.3) is 0 Å². The van der Waals surface area contributed by atoms with Crippen LogP contribution in [0.15, 0.2) is 22.5 Å². The molecule has 0 spiro atoms. The van der Waals surface area contributed by atoms with Gasteiger partial charge in [-0.15, -0.1) is 12.3 Å². The van der Waals surface area contributed by atoms with E-state index in [1.807, 2.05) is 17.9 Å². The second-order valence-electron chi connectivity index (χ2n) is 6.83. The molecule has 1 amide bonds. The number of rotatable bonds is 7. The van der Waals surface area contributed by atoms with Crippen LogP contribution in [0.5, 0.6) is 0 Å². The molecule has 1 saturated carbocycles. The van der Waals surface area contributed by atoms with Crippen molar-refractivity contribution in [3.8, 4) is 12.3 Å². The summed E-state index contributed by atoms with van der Waals surface area (Å²) >= 11 is 0. The quantitative estimate of drug-likeness (QED) is 0.782. The van der Waals surface area contributed by atoms with Crippen molar-refractivity contribution in [2.75, 3.05) is 0 Å². The summed E-state index contributed by atoms with van der Waals surface area (Å²) in [4.78, 5) is 12.4. The molecule has 1 N–H and O–H groups in total. The van der Waals surface area contributed by atoms with Gasteiger partial charge in [0, 0.05) is 56.6 Å². The Balaban J connectivity index is 1.53. The highest BCUT2D eigenvalue weighted by atomic mass is 16.1. The van der Waals surface area contributed by atoms with Crippen molar-refractivity contribution in [2.24, 2.45) is 17.3 Å². The van der Waals surface area contributed by atoms with Gasteiger partial charge in [0.1, 0.15) is 0 Å².